The summed E-state index contributed by atoms with van der Waals surface area (Å²) in [4.78, 5) is 10.4. The van der Waals surface area contributed by atoms with Crippen molar-refractivity contribution in [1.29, 1.82) is 0 Å². The Labute approximate surface area is 109 Å². The van der Waals surface area contributed by atoms with Gasteiger partial charge < -0.3 is 15.5 Å². The maximum Gasteiger partial charge on any atom is 0.303 e. The molecule has 0 fully saturated rings. The van der Waals surface area contributed by atoms with Gasteiger partial charge in [0, 0.05) is 29.6 Å². The van der Waals surface area contributed by atoms with Gasteiger partial charge in [0.1, 0.15) is 12.4 Å². The van der Waals surface area contributed by atoms with Crippen molar-refractivity contribution in [2.45, 2.75) is 25.4 Å². The van der Waals surface area contributed by atoms with Crippen LogP contribution in [-0.4, -0.2) is 28.9 Å². The molecule has 1 rings (SSSR count). The minimum atomic E-state index is -0.958. The topological polar surface area (TPSA) is 69.6 Å². The second-order valence-electron chi connectivity index (χ2n) is 3.94. The van der Waals surface area contributed by atoms with E-state index < -0.39 is 18.7 Å². The number of carbonyl (C=O) groups is 1. The molecule has 0 saturated carbocycles. The molecule has 1 unspecified atom stereocenters. The van der Waals surface area contributed by atoms with Gasteiger partial charge in [-0.2, -0.15) is 0 Å². The van der Waals surface area contributed by atoms with Crippen LogP contribution in [0.25, 0.3) is 0 Å². The summed E-state index contributed by atoms with van der Waals surface area (Å²) in [6, 6.07) is 4.05. The lowest BCUT2D eigenvalue weighted by Crippen LogP contribution is -2.31. The maximum absolute atomic E-state index is 12.6. The van der Waals surface area contributed by atoms with Crippen LogP contribution in [0.4, 0.5) is 4.39 Å². The minimum absolute atomic E-state index is 0.0720. The smallest absolute Gasteiger partial charge is 0.303 e. The Bertz CT molecular complexity index is 414. The standard InChI is InChI=1S/C12H15ClFNO3/c13-9-1-3-11(16)8(5-9)7-15-10(6-14)2-4-12(17)18/h1,3,5,10,15-16H,2,4,6-7H2,(H,17,18). The van der Waals surface area contributed by atoms with Crippen LogP contribution >= 0.6 is 11.6 Å². The van der Waals surface area contributed by atoms with Gasteiger partial charge in [0.05, 0.1) is 0 Å². The molecular formula is C12H15ClFNO3. The summed E-state index contributed by atoms with van der Waals surface area (Å²) in [5.74, 6) is -0.886. The number of hydrogen-bond donors (Lipinski definition) is 3. The number of carboxylic acid groups (broad SMARTS) is 1. The lowest BCUT2D eigenvalue weighted by atomic mass is 10.1. The number of benzene rings is 1. The van der Waals surface area contributed by atoms with E-state index in [9.17, 15) is 14.3 Å². The van der Waals surface area contributed by atoms with Crippen molar-refractivity contribution in [2.75, 3.05) is 6.67 Å². The number of aliphatic carboxylic acids is 1. The molecule has 1 aromatic carbocycles. The largest absolute Gasteiger partial charge is 0.508 e. The Balaban J connectivity index is 2.51. The lowest BCUT2D eigenvalue weighted by molar-refractivity contribution is -0.137. The summed E-state index contributed by atoms with van der Waals surface area (Å²) in [6.45, 7) is -0.421. The molecule has 0 aliphatic rings. The van der Waals surface area contributed by atoms with E-state index in [-0.39, 0.29) is 25.1 Å². The molecule has 0 bridgehead atoms. The van der Waals surface area contributed by atoms with Gasteiger partial charge >= 0.3 is 5.97 Å². The Kier molecular flexibility index (Phi) is 5.88. The molecule has 1 atom stereocenters. The van der Waals surface area contributed by atoms with Gasteiger partial charge in [-0.25, -0.2) is 4.39 Å². The van der Waals surface area contributed by atoms with Gasteiger partial charge in [-0.3, -0.25) is 4.79 Å². The van der Waals surface area contributed by atoms with Crippen molar-refractivity contribution in [1.82, 2.24) is 5.32 Å². The van der Waals surface area contributed by atoms with Crippen LogP contribution in [0, 0.1) is 0 Å². The quantitative estimate of drug-likeness (QED) is 0.714. The van der Waals surface area contributed by atoms with Crippen LogP contribution in [0.2, 0.25) is 5.02 Å². The van der Waals surface area contributed by atoms with Crippen molar-refractivity contribution in [2.24, 2.45) is 0 Å². The highest BCUT2D eigenvalue weighted by atomic mass is 35.5. The summed E-state index contributed by atoms with van der Waals surface area (Å²) >= 11 is 5.78. The predicted molar refractivity (Wildman–Crippen MR) is 66.6 cm³/mol. The average molecular weight is 276 g/mol. The number of phenolic OH excluding ortho intramolecular Hbond substituents is 1. The van der Waals surface area contributed by atoms with Crippen LogP contribution in [0.1, 0.15) is 18.4 Å². The molecule has 0 heterocycles. The molecule has 100 valence electrons. The molecular weight excluding hydrogens is 261 g/mol. The van der Waals surface area contributed by atoms with E-state index in [1.807, 2.05) is 0 Å². The molecule has 0 aromatic heterocycles. The zero-order valence-electron chi connectivity index (χ0n) is 9.70. The third kappa shape index (κ3) is 4.89. The van der Waals surface area contributed by atoms with E-state index in [1.54, 1.807) is 12.1 Å². The highest BCUT2D eigenvalue weighted by Crippen LogP contribution is 2.21. The first-order chi connectivity index (χ1) is 8.52. The predicted octanol–water partition coefficient (Wildman–Crippen LogP) is 2.34. The first-order valence-electron chi connectivity index (χ1n) is 5.51. The van der Waals surface area contributed by atoms with E-state index in [0.717, 1.165) is 0 Å². The molecule has 0 saturated heterocycles. The Morgan fingerprint density at radius 2 is 2.22 bits per heavy atom. The van der Waals surface area contributed by atoms with Gasteiger partial charge in [0.25, 0.3) is 0 Å². The maximum atomic E-state index is 12.6. The molecule has 0 spiro atoms. The zero-order valence-corrected chi connectivity index (χ0v) is 10.5. The highest BCUT2D eigenvalue weighted by Gasteiger charge is 2.11. The molecule has 1 aromatic rings. The van der Waals surface area contributed by atoms with E-state index in [4.69, 9.17) is 16.7 Å². The number of carboxylic acids is 1. The second-order valence-corrected chi connectivity index (χ2v) is 4.37. The number of nitrogens with one attached hydrogen (secondary N) is 1. The SMILES string of the molecule is O=C(O)CCC(CF)NCc1cc(Cl)ccc1O. The number of phenols is 1. The molecule has 0 radical (unpaired) electrons. The van der Waals surface area contributed by atoms with Crippen molar-refractivity contribution in [3.63, 3.8) is 0 Å². The monoisotopic (exact) mass is 275 g/mol. The summed E-state index contributed by atoms with van der Waals surface area (Å²) in [5, 5.41) is 21.4. The number of aromatic hydroxyl groups is 1. The molecule has 0 amide bonds. The van der Waals surface area contributed by atoms with E-state index in [1.165, 1.54) is 6.07 Å². The fourth-order valence-corrected chi connectivity index (χ4v) is 1.68. The van der Waals surface area contributed by atoms with Gasteiger partial charge in [-0.1, -0.05) is 11.6 Å². The van der Waals surface area contributed by atoms with E-state index in [0.29, 0.717) is 10.6 Å². The molecule has 6 heteroatoms. The third-order valence-corrected chi connectivity index (χ3v) is 2.75. The zero-order chi connectivity index (χ0) is 13.5. The summed E-state index contributed by atoms with van der Waals surface area (Å²) in [7, 11) is 0. The van der Waals surface area contributed by atoms with Crippen molar-refractivity contribution in [3.05, 3.63) is 28.8 Å². The number of halogens is 2. The van der Waals surface area contributed by atoms with Gasteiger partial charge in [0.15, 0.2) is 0 Å². The molecule has 3 N–H and O–H groups in total. The fraction of sp³-hybridized carbons (Fsp3) is 0.417. The fourth-order valence-electron chi connectivity index (χ4n) is 1.48. The molecule has 4 nitrogen and oxygen atoms in total. The Morgan fingerprint density at radius 3 is 2.83 bits per heavy atom. The highest BCUT2D eigenvalue weighted by molar-refractivity contribution is 6.30. The number of hydrogen-bond acceptors (Lipinski definition) is 3. The molecule has 0 aliphatic carbocycles. The number of alkyl halides is 1. The van der Waals surface area contributed by atoms with Crippen LogP contribution < -0.4 is 5.32 Å². The lowest BCUT2D eigenvalue weighted by Gasteiger charge is -2.15. The van der Waals surface area contributed by atoms with Gasteiger partial charge in [-0.15, -0.1) is 0 Å². The minimum Gasteiger partial charge on any atom is -0.508 e. The summed E-state index contributed by atoms with van der Waals surface area (Å²) < 4.78 is 12.6. The van der Waals surface area contributed by atoms with Crippen molar-refractivity contribution in [3.8, 4) is 5.75 Å². The van der Waals surface area contributed by atoms with Crippen LogP contribution in [0.3, 0.4) is 0 Å². The first-order valence-corrected chi connectivity index (χ1v) is 5.89. The normalized spacial score (nSPS) is 12.3. The molecule has 0 aliphatic heterocycles. The van der Waals surface area contributed by atoms with Crippen LogP contribution in [0.5, 0.6) is 5.75 Å². The van der Waals surface area contributed by atoms with E-state index in [2.05, 4.69) is 5.32 Å². The molecule has 18 heavy (non-hydrogen) atoms. The third-order valence-electron chi connectivity index (χ3n) is 2.52. The Hall–Kier alpha value is -1.33. The van der Waals surface area contributed by atoms with Crippen LogP contribution in [-0.2, 0) is 11.3 Å². The van der Waals surface area contributed by atoms with Gasteiger partial charge in [-0.05, 0) is 24.6 Å². The van der Waals surface area contributed by atoms with Crippen LogP contribution in [0.15, 0.2) is 18.2 Å². The van der Waals surface area contributed by atoms with E-state index >= 15 is 0 Å². The van der Waals surface area contributed by atoms with Crippen molar-refractivity contribution < 1.29 is 19.4 Å². The average Bonchev–Trinajstić information content (AvgIpc) is 2.33. The second kappa shape index (κ2) is 7.18. The van der Waals surface area contributed by atoms with Crippen molar-refractivity contribution >= 4 is 17.6 Å². The number of rotatable bonds is 7. The summed E-state index contributed by atoms with van der Waals surface area (Å²) in [5.41, 5.74) is 0.552. The first kappa shape index (κ1) is 14.7. The summed E-state index contributed by atoms with van der Waals surface area (Å²) in [6.07, 6.45) is 0.107. The Morgan fingerprint density at radius 1 is 1.50 bits per heavy atom. The van der Waals surface area contributed by atoms with Gasteiger partial charge in [0.2, 0.25) is 0 Å².